The Bertz CT molecular complexity index is 750. The van der Waals surface area contributed by atoms with Gasteiger partial charge in [-0.1, -0.05) is 29.3 Å². The third-order valence-corrected chi connectivity index (χ3v) is 3.51. The number of nitro groups is 1. The molecule has 0 aliphatic heterocycles. The largest absolute Gasteiger partial charge is 0.478 e. The van der Waals surface area contributed by atoms with E-state index in [4.69, 9.17) is 28.3 Å². The van der Waals surface area contributed by atoms with E-state index in [1.165, 1.54) is 12.1 Å². The molecule has 2 rings (SSSR count). The molecule has 0 bridgehead atoms. The van der Waals surface area contributed by atoms with Gasteiger partial charge in [0.25, 0.3) is 5.69 Å². The van der Waals surface area contributed by atoms with Crippen LogP contribution in [0.25, 0.3) is 0 Å². The van der Waals surface area contributed by atoms with E-state index in [9.17, 15) is 14.9 Å². The van der Waals surface area contributed by atoms with Crippen molar-refractivity contribution in [2.24, 2.45) is 0 Å². The monoisotopic (exact) mass is 340 g/mol. The Balaban J connectivity index is 2.29. The average molecular weight is 341 g/mol. The maximum atomic E-state index is 11.0. The van der Waals surface area contributed by atoms with Gasteiger partial charge in [-0.2, -0.15) is 0 Å². The normalized spacial score (nSPS) is 10.3. The number of nitrogens with zero attached hydrogens (tertiary/aromatic N) is 1. The summed E-state index contributed by atoms with van der Waals surface area (Å²) in [5.74, 6) is -1.16. The number of aromatic carboxylic acids is 1. The molecule has 0 aliphatic carbocycles. The first-order valence-electron chi connectivity index (χ1n) is 6.08. The molecule has 114 valence electrons. The van der Waals surface area contributed by atoms with Crippen LogP contribution >= 0.6 is 23.2 Å². The van der Waals surface area contributed by atoms with Crippen LogP contribution in [0.5, 0.6) is 0 Å². The molecule has 0 spiro atoms. The third kappa shape index (κ3) is 3.66. The van der Waals surface area contributed by atoms with Crippen molar-refractivity contribution in [2.75, 3.05) is 5.32 Å². The lowest BCUT2D eigenvalue weighted by atomic mass is 10.1. The van der Waals surface area contributed by atoms with Crippen molar-refractivity contribution in [3.8, 4) is 0 Å². The van der Waals surface area contributed by atoms with Crippen molar-refractivity contribution in [3.63, 3.8) is 0 Å². The molecule has 0 saturated heterocycles. The second-order valence-corrected chi connectivity index (χ2v) is 5.23. The van der Waals surface area contributed by atoms with E-state index in [1.807, 2.05) is 0 Å². The number of anilines is 1. The minimum absolute atomic E-state index is 0.0460. The molecule has 22 heavy (non-hydrogen) atoms. The lowest BCUT2D eigenvalue weighted by molar-refractivity contribution is -0.384. The molecule has 6 nitrogen and oxygen atoms in total. The van der Waals surface area contributed by atoms with Gasteiger partial charge in [-0.25, -0.2) is 4.79 Å². The van der Waals surface area contributed by atoms with Crippen molar-refractivity contribution in [1.82, 2.24) is 0 Å². The van der Waals surface area contributed by atoms with Crippen LogP contribution in [-0.2, 0) is 6.54 Å². The van der Waals surface area contributed by atoms with E-state index in [0.29, 0.717) is 15.6 Å². The lowest BCUT2D eigenvalue weighted by Gasteiger charge is -2.09. The molecule has 0 fully saturated rings. The number of hydrogen-bond donors (Lipinski definition) is 2. The number of halogens is 2. The number of nitro benzene ring substituents is 1. The van der Waals surface area contributed by atoms with Crippen LogP contribution in [0.2, 0.25) is 10.0 Å². The first-order chi connectivity index (χ1) is 10.4. The van der Waals surface area contributed by atoms with Gasteiger partial charge in [-0.05, 0) is 29.8 Å². The van der Waals surface area contributed by atoms with Crippen LogP contribution in [0.1, 0.15) is 15.9 Å². The number of hydrogen-bond acceptors (Lipinski definition) is 4. The van der Waals surface area contributed by atoms with Gasteiger partial charge in [0.15, 0.2) is 0 Å². The van der Waals surface area contributed by atoms with E-state index in [-0.39, 0.29) is 23.5 Å². The number of rotatable bonds is 5. The van der Waals surface area contributed by atoms with Crippen LogP contribution in [0.15, 0.2) is 36.4 Å². The fourth-order valence-corrected chi connectivity index (χ4v) is 2.30. The molecule has 0 heterocycles. The topological polar surface area (TPSA) is 92.5 Å². The molecular formula is C14H10Cl2N2O4. The van der Waals surface area contributed by atoms with E-state index in [2.05, 4.69) is 5.32 Å². The first kappa shape index (κ1) is 16.1. The summed E-state index contributed by atoms with van der Waals surface area (Å²) >= 11 is 11.8. The first-order valence-corrected chi connectivity index (χ1v) is 6.83. The smallest absolute Gasteiger partial charge is 0.335 e. The van der Waals surface area contributed by atoms with Gasteiger partial charge in [0, 0.05) is 22.7 Å². The van der Waals surface area contributed by atoms with Crippen LogP contribution in [0.3, 0.4) is 0 Å². The Kier molecular flexibility index (Phi) is 4.85. The van der Waals surface area contributed by atoms with Crippen molar-refractivity contribution >= 4 is 40.5 Å². The van der Waals surface area contributed by atoms with Crippen molar-refractivity contribution in [2.45, 2.75) is 6.54 Å². The maximum absolute atomic E-state index is 11.0. The molecule has 8 heteroatoms. The summed E-state index contributed by atoms with van der Waals surface area (Å²) < 4.78 is 0. The summed E-state index contributed by atoms with van der Waals surface area (Å²) in [6.45, 7) is 0.194. The highest BCUT2D eigenvalue weighted by atomic mass is 35.5. The van der Waals surface area contributed by atoms with Gasteiger partial charge < -0.3 is 10.4 Å². The summed E-state index contributed by atoms with van der Waals surface area (Å²) in [7, 11) is 0. The zero-order valence-corrected chi connectivity index (χ0v) is 12.6. The van der Waals surface area contributed by atoms with Gasteiger partial charge in [-0.3, -0.25) is 10.1 Å². The zero-order chi connectivity index (χ0) is 16.3. The zero-order valence-electron chi connectivity index (χ0n) is 11.0. The second-order valence-electron chi connectivity index (χ2n) is 4.38. The summed E-state index contributed by atoms with van der Waals surface area (Å²) in [5, 5.41) is 23.7. The van der Waals surface area contributed by atoms with Gasteiger partial charge in [-0.15, -0.1) is 0 Å². The molecule has 2 aromatic rings. The fraction of sp³-hybridized carbons (Fsp3) is 0.0714. The molecule has 2 aromatic carbocycles. The summed E-state index contributed by atoms with van der Waals surface area (Å²) in [6, 6.07) is 8.43. The Morgan fingerprint density at radius 3 is 2.55 bits per heavy atom. The van der Waals surface area contributed by atoms with Crippen molar-refractivity contribution in [1.29, 1.82) is 0 Å². The third-order valence-electron chi connectivity index (χ3n) is 2.92. The van der Waals surface area contributed by atoms with Crippen molar-refractivity contribution in [3.05, 3.63) is 67.7 Å². The predicted octanol–water partition coefficient (Wildman–Crippen LogP) is 4.21. The molecule has 0 aromatic heterocycles. The fourth-order valence-electron chi connectivity index (χ4n) is 1.83. The number of benzene rings is 2. The SMILES string of the molecule is O=C(O)c1ccc([N+](=O)[O-])c(NCc2ccc(Cl)cc2Cl)c1. The summed E-state index contributed by atoms with van der Waals surface area (Å²) in [5.41, 5.74) is 0.530. The molecular weight excluding hydrogens is 331 g/mol. The lowest BCUT2D eigenvalue weighted by Crippen LogP contribution is -2.05. The number of carboxylic acids is 1. The minimum atomic E-state index is -1.16. The molecule has 0 aliphatic rings. The van der Waals surface area contributed by atoms with Crippen LogP contribution in [-0.4, -0.2) is 16.0 Å². The second kappa shape index (κ2) is 6.64. The highest BCUT2D eigenvalue weighted by Crippen LogP contribution is 2.27. The van der Waals surface area contributed by atoms with Crippen LogP contribution in [0.4, 0.5) is 11.4 Å². The quantitative estimate of drug-likeness (QED) is 0.628. The van der Waals surface area contributed by atoms with E-state index < -0.39 is 10.9 Å². The number of carboxylic acid groups (broad SMARTS) is 1. The van der Waals surface area contributed by atoms with Gasteiger partial charge in [0.2, 0.25) is 0 Å². The van der Waals surface area contributed by atoms with Crippen LogP contribution in [0, 0.1) is 10.1 Å². The molecule has 2 N–H and O–H groups in total. The molecule has 0 saturated carbocycles. The van der Waals surface area contributed by atoms with Crippen molar-refractivity contribution < 1.29 is 14.8 Å². The average Bonchev–Trinajstić information content (AvgIpc) is 2.45. The number of nitrogens with one attached hydrogen (secondary N) is 1. The van der Waals surface area contributed by atoms with E-state index in [1.54, 1.807) is 18.2 Å². The summed E-state index contributed by atoms with van der Waals surface area (Å²) in [6.07, 6.45) is 0. The van der Waals surface area contributed by atoms with Crippen LogP contribution < -0.4 is 5.32 Å². The summed E-state index contributed by atoms with van der Waals surface area (Å²) in [4.78, 5) is 21.4. The Labute approximate surface area is 135 Å². The molecule has 0 radical (unpaired) electrons. The Morgan fingerprint density at radius 2 is 1.95 bits per heavy atom. The molecule has 0 amide bonds. The highest BCUT2D eigenvalue weighted by molar-refractivity contribution is 6.35. The molecule has 0 unspecified atom stereocenters. The Hall–Kier alpha value is -2.31. The van der Waals surface area contributed by atoms with E-state index in [0.717, 1.165) is 6.07 Å². The molecule has 0 atom stereocenters. The number of carbonyl (C=O) groups is 1. The highest BCUT2D eigenvalue weighted by Gasteiger charge is 2.16. The Morgan fingerprint density at radius 1 is 1.23 bits per heavy atom. The predicted molar refractivity (Wildman–Crippen MR) is 83.8 cm³/mol. The maximum Gasteiger partial charge on any atom is 0.335 e. The van der Waals surface area contributed by atoms with E-state index >= 15 is 0 Å². The standard InChI is InChI=1S/C14H10Cl2N2O4/c15-10-3-1-9(11(16)6-10)7-17-12-5-8(14(19)20)2-4-13(12)18(21)22/h1-6,17H,7H2,(H,19,20). The van der Waals surface area contributed by atoms with Gasteiger partial charge >= 0.3 is 5.97 Å². The van der Waals surface area contributed by atoms with Gasteiger partial charge in [0.05, 0.1) is 10.5 Å². The van der Waals surface area contributed by atoms with Gasteiger partial charge in [0.1, 0.15) is 5.69 Å². The minimum Gasteiger partial charge on any atom is -0.478 e.